The van der Waals surface area contributed by atoms with Gasteiger partial charge >= 0.3 is 6.03 Å². The number of benzene rings is 1. The molecule has 162 valence electrons. The molecule has 1 aromatic carbocycles. The van der Waals surface area contributed by atoms with Gasteiger partial charge in [-0.2, -0.15) is 0 Å². The third-order valence-corrected chi connectivity index (χ3v) is 6.51. The van der Waals surface area contributed by atoms with Gasteiger partial charge in [-0.15, -0.1) is 0 Å². The van der Waals surface area contributed by atoms with Gasteiger partial charge in [0, 0.05) is 6.20 Å². The van der Waals surface area contributed by atoms with E-state index >= 15 is 0 Å². The fraction of sp³-hybridized carbons (Fsp3) is 0.417. The van der Waals surface area contributed by atoms with Crippen LogP contribution in [0.2, 0.25) is 0 Å². The number of urea groups is 1. The summed E-state index contributed by atoms with van der Waals surface area (Å²) in [6.45, 7) is 1.85. The molecule has 2 N–H and O–H groups in total. The van der Waals surface area contributed by atoms with Crippen LogP contribution in [-0.2, 0) is 9.59 Å². The summed E-state index contributed by atoms with van der Waals surface area (Å²) >= 11 is 0. The molecule has 1 atom stereocenters. The Morgan fingerprint density at radius 2 is 1.87 bits per heavy atom. The number of imide groups is 1. The molecular formula is C24H28N4O3. The lowest BCUT2D eigenvalue weighted by Gasteiger charge is -2.34. The minimum atomic E-state index is -0.844. The Labute approximate surface area is 182 Å². The van der Waals surface area contributed by atoms with Crippen molar-refractivity contribution in [2.45, 2.75) is 50.6 Å². The summed E-state index contributed by atoms with van der Waals surface area (Å²) in [5.41, 5.74) is 0.720. The van der Waals surface area contributed by atoms with Crippen molar-refractivity contribution in [3.63, 3.8) is 0 Å². The largest absolute Gasteiger partial charge is 0.342 e. The predicted octanol–water partition coefficient (Wildman–Crippen LogP) is 3.18. The van der Waals surface area contributed by atoms with E-state index in [1.807, 2.05) is 48.5 Å². The molecule has 1 aliphatic carbocycles. The molecule has 0 radical (unpaired) electrons. The van der Waals surface area contributed by atoms with Gasteiger partial charge in [0.1, 0.15) is 12.1 Å². The minimum absolute atomic E-state index is 0.281. The highest BCUT2D eigenvalue weighted by Gasteiger charge is 2.52. The van der Waals surface area contributed by atoms with Crippen molar-refractivity contribution in [3.05, 3.63) is 66.0 Å². The normalized spacial score (nSPS) is 24.2. The Balaban J connectivity index is 1.47. The van der Waals surface area contributed by atoms with E-state index in [4.69, 9.17) is 0 Å². The molecule has 2 aliphatic rings. The second-order valence-corrected chi connectivity index (χ2v) is 8.42. The number of hydrogen-bond acceptors (Lipinski definition) is 4. The predicted molar refractivity (Wildman–Crippen MR) is 116 cm³/mol. The van der Waals surface area contributed by atoms with Crippen LogP contribution in [0.4, 0.5) is 4.79 Å². The van der Waals surface area contributed by atoms with Crippen LogP contribution in [0.15, 0.2) is 54.7 Å². The Morgan fingerprint density at radius 3 is 2.52 bits per heavy atom. The highest BCUT2D eigenvalue weighted by Crippen LogP contribution is 2.37. The SMILES string of the molecule is CCC1CCC2(CC1)NC(=O)N(CC(=O)NC(c1ccccc1)c1ccccn1)C2=O. The topological polar surface area (TPSA) is 91.4 Å². The van der Waals surface area contributed by atoms with Gasteiger partial charge in [0.2, 0.25) is 5.91 Å². The van der Waals surface area contributed by atoms with Crippen molar-refractivity contribution in [1.82, 2.24) is 20.5 Å². The van der Waals surface area contributed by atoms with Crippen molar-refractivity contribution in [2.75, 3.05) is 6.54 Å². The second-order valence-electron chi connectivity index (χ2n) is 8.42. The van der Waals surface area contributed by atoms with Gasteiger partial charge in [0.25, 0.3) is 5.91 Å². The van der Waals surface area contributed by atoms with Crippen molar-refractivity contribution < 1.29 is 14.4 Å². The summed E-state index contributed by atoms with van der Waals surface area (Å²) in [5, 5.41) is 5.83. The standard InChI is InChI=1S/C24H28N4O3/c1-2-17-11-13-24(14-12-17)22(30)28(23(31)27-24)16-20(29)26-21(18-8-4-3-5-9-18)19-10-6-7-15-25-19/h3-10,15,17,21H,2,11-14,16H2,1H3,(H,26,29)(H,27,31). The van der Waals surface area contributed by atoms with E-state index in [1.54, 1.807) is 6.20 Å². The number of rotatable bonds is 6. The van der Waals surface area contributed by atoms with E-state index in [0.717, 1.165) is 29.7 Å². The zero-order valence-corrected chi connectivity index (χ0v) is 17.7. The first-order chi connectivity index (χ1) is 15.0. The van der Waals surface area contributed by atoms with Crippen molar-refractivity contribution in [2.24, 2.45) is 5.92 Å². The first-order valence-electron chi connectivity index (χ1n) is 10.9. The number of nitrogens with zero attached hydrogens (tertiary/aromatic N) is 2. The van der Waals surface area contributed by atoms with Gasteiger partial charge in [0.05, 0.1) is 11.7 Å². The summed E-state index contributed by atoms with van der Waals surface area (Å²) in [6.07, 6.45) is 5.85. The van der Waals surface area contributed by atoms with Gasteiger partial charge in [-0.3, -0.25) is 19.5 Å². The molecule has 1 unspecified atom stereocenters. The molecule has 1 saturated carbocycles. The van der Waals surface area contributed by atoms with Crippen LogP contribution in [0.5, 0.6) is 0 Å². The van der Waals surface area contributed by atoms with Crippen LogP contribution in [-0.4, -0.2) is 39.8 Å². The average molecular weight is 421 g/mol. The molecule has 7 heteroatoms. The van der Waals surface area contributed by atoms with Gasteiger partial charge in [-0.1, -0.05) is 49.7 Å². The highest BCUT2D eigenvalue weighted by atomic mass is 16.2. The minimum Gasteiger partial charge on any atom is -0.342 e. The zero-order valence-electron chi connectivity index (χ0n) is 17.7. The van der Waals surface area contributed by atoms with E-state index in [0.29, 0.717) is 24.5 Å². The zero-order chi connectivity index (χ0) is 21.8. The van der Waals surface area contributed by atoms with Gasteiger partial charge in [0.15, 0.2) is 0 Å². The molecule has 1 saturated heterocycles. The molecule has 4 rings (SSSR count). The first-order valence-corrected chi connectivity index (χ1v) is 10.9. The average Bonchev–Trinajstić information content (AvgIpc) is 3.03. The molecule has 2 fully saturated rings. The van der Waals surface area contributed by atoms with Crippen LogP contribution in [0, 0.1) is 5.92 Å². The third kappa shape index (κ3) is 4.31. The first kappa shape index (κ1) is 21.0. The van der Waals surface area contributed by atoms with Crippen LogP contribution in [0.25, 0.3) is 0 Å². The molecule has 2 heterocycles. The number of hydrogen-bond donors (Lipinski definition) is 2. The lowest BCUT2D eigenvalue weighted by Crippen LogP contribution is -2.50. The third-order valence-electron chi connectivity index (χ3n) is 6.51. The maximum Gasteiger partial charge on any atom is 0.325 e. The lowest BCUT2D eigenvalue weighted by atomic mass is 9.75. The summed E-state index contributed by atoms with van der Waals surface area (Å²) in [7, 11) is 0. The van der Waals surface area contributed by atoms with Crippen molar-refractivity contribution in [3.8, 4) is 0 Å². The molecule has 2 aromatic rings. The van der Waals surface area contributed by atoms with E-state index in [9.17, 15) is 14.4 Å². The molecular weight excluding hydrogens is 392 g/mol. The molecule has 1 spiro atoms. The maximum atomic E-state index is 13.1. The number of nitrogens with one attached hydrogen (secondary N) is 2. The maximum absolute atomic E-state index is 13.1. The van der Waals surface area contributed by atoms with E-state index in [1.165, 1.54) is 0 Å². The van der Waals surface area contributed by atoms with E-state index in [2.05, 4.69) is 22.5 Å². The number of aromatic nitrogens is 1. The number of pyridine rings is 1. The monoisotopic (exact) mass is 420 g/mol. The molecule has 31 heavy (non-hydrogen) atoms. The fourth-order valence-electron chi connectivity index (χ4n) is 4.61. The summed E-state index contributed by atoms with van der Waals surface area (Å²) in [4.78, 5) is 44.0. The quantitative estimate of drug-likeness (QED) is 0.702. The second kappa shape index (κ2) is 8.88. The summed E-state index contributed by atoms with van der Waals surface area (Å²) < 4.78 is 0. The van der Waals surface area contributed by atoms with Crippen LogP contribution < -0.4 is 10.6 Å². The van der Waals surface area contributed by atoms with Gasteiger partial charge < -0.3 is 10.6 Å². The van der Waals surface area contributed by atoms with Crippen molar-refractivity contribution >= 4 is 17.8 Å². The number of carbonyl (C=O) groups is 3. The molecule has 1 aromatic heterocycles. The van der Waals surface area contributed by atoms with Crippen molar-refractivity contribution in [1.29, 1.82) is 0 Å². The van der Waals surface area contributed by atoms with Crippen LogP contribution >= 0.6 is 0 Å². The number of amides is 4. The van der Waals surface area contributed by atoms with Gasteiger partial charge in [-0.25, -0.2) is 4.79 Å². The number of carbonyl (C=O) groups excluding carboxylic acids is 3. The van der Waals surface area contributed by atoms with E-state index < -0.39 is 23.5 Å². The Bertz CT molecular complexity index is 900. The lowest BCUT2D eigenvalue weighted by molar-refractivity contribution is -0.136. The molecule has 1 aliphatic heterocycles. The smallest absolute Gasteiger partial charge is 0.325 e. The van der Waals surface area contributed by atoms with Gasteiger partial charge in [-0.05, 0) is 49.3 Å². The molecule has 4 amide bonds. The molecule has 0 bridgehead atoms. The molecule has 7 nitrogen and oxygen atoms in total. The van der Waals surface area contributed by atoms with Crippen LogP contribution in [0.1, 0.15) is 56.3 Å². The Hall–Kier alpha value is -3.22. The Morgan fingerprint density at radius 1 is 1.16 bits per heavy atom. The highest BCUT2D eigenvalue weighted by molar-refractivity contribution is 6.09. The summed E-state index contributed by atoms with van der Waals surface area (Å²) in [6, 6.07) is 14.1. The Kier molecular flexibility index (Phi) is 6.02. The van der Waals surface area contributed by atoms with Crippen LogP contribution in [0.3, 0.4) is 0 Å². The summed E-state index contributed by atoms with van der Waals surface area (Å²) in [5.74, 6) is -0.0868. The van der Waals surface area contributed by atoms with E-state index in [-0.39, 0.29) is 12.5 Å². The fourth-order valence-corrected chi connectivity index (χ4v) is 4.61.